The van der Waals surface area contributed by atoms with E-state index >= 15 is 0 Å². The van der Waals surface area contributed by atoms with Crippen LogP contribution in [0.2, 0.25) is 0 Å². The van der Waals surface area contributed by atoms with Gasteiger partial charge < -0.3 is 15.4 Å². The van der Waals surface area contributed by atoms with Crippen molar-refractivity contribution in [2.45, 2.75) is 40.3 Å². The topological polar surface area (TPSA) is 48.9 Å². The molecule has 0 aromatic heterocycles. The van der Waals surface area contributed by atoms with E-state index in [1.807, 2.05) is 0 Å². The monoisotopic (exact) mass is 474 g/mol. The maximum Gasteiger partial charge on any atom is 0.191 e. The predicted octanol–water partition coefficient (Wildman–Crippen LogP) is 3.24. The van der Waals surface area contributed by atoms with E-state index in [2.05, 4.69) is 60.6 Å². The van der Waals surface area contributed by atoms with Gasteiger partial charge in [-0.25, -0.2) is 4.99 Å². The molecule has 1 heterocycles. The van der Waals surface area contributed by atoms with Crippen LogP contribution in [0.4, 0.5) is 0 Å². The van der Waals surface area contributed by atoms with Crippen LogP contribution in [0.25, 0.3) is 0 Å². The number of halogens is 1. The van der Waals surface area contributed by atoms with Gasteiger partial charge in [0, 0.05) is 32.7 Å². The molecule has 0 unspecified atom stereocenters. The lowest BCUT2D eigenvalue weighted by Crippen LogP contribution is -2.38. The summed E-state index contributed by atoms with van der Waals surface area (Å²) >= 11 is 0. The van der Waals surface area contributed by atoms with Gasteiger partial charge in [-0.3, -0.25) is 4.90 Å². The van der Waals surface area contributed by atoms with Gasteiger partial charge in [0.1, 0.15) is 0 Å². The Hall–Kier alpha value is -0.860. The summed E-state index contributed by atoms with van der Waals surface area (Å²) in [6, 6.07) is 8.77. The summed E-state index contributed by atoms with van der Waals surface area (Å²) in [5.41, 5.74) is 2.61. The van der Waals surface area contributed by atoms with E-state index in [0.29, 0.717) is 12.5 Å². The van der Waals surface area contributed by atoms with Crippen LogP contribution in [0.3, 0.4) is 0 Å². The van der Waals surface area contributed by atoms with Gasteiger partial charge in [0.2, 0.25) is 0 Å². The van der Waals surface area contributed by atoms with E-state index in [1.54, 1.807) is 0 Å². The highest BCUT2D eigenvalue weighted by Gasteiger charge is 2.10. The zero-order valence-electron chi connectivity index (χ0n) is 16.5. The van der Waals surface area contributed by atoms with Crippen molar-refractivity contribution in [1.82, 2.24) is 15.5 Å². The molecular weight excluding hydrogens is 439 g/mol. The molecule has 0 saturated carbocycles. The Kier molecular flexibility index (Phi) is 11.9. The number of benzene rings is 1. The number of aliphatic imine (C=N–C) groups is 1. The molecule has 0 amide bonds. The fourth-order valence-electron chi connectivity index (χ4n) is 2.84. The largest absolute Gasteiger partial charge is 0.379 e. The van der Waals surface area contributed by atoms with Crippen molar-refractivity contribution >= 4 is 29.9 Å². The summed E-state index contributed by atoms with van der Waals surface area (Å²) in [4.78, 5) is 7.18. The number of guanidine groups is 1. The number of hydrogen-bond donors (Lipinski definition) is 2. The minimum Gasteiger partial charge on any atom is -0.379 e. The van der Waals surface area contributed by atoms with E-state index in [0.717, 1.165) is 58.3 Å². The molecule has 6 heteroatoms. The first-order valence-electron chi connectivity index (χ1n) is 9.57. The van der Waals surface area contributed by atoms with Crippen molar-refractivity contribution in [2.75, 3.05) is 39.4 Å². The van der Waals surface area contributed by atoms with Gasteiger partial charge in [-0.05, 0) is 30.4 Å². The molecule has 1 aliphatic heterocycles. The number of nitrogens with zero attached hydrogens (tertiary/aromatic N) is 2. The summed E-state index contributed by atoms with van der Waals surface area (Å²) in [5.74, 6) is 1.61. The first-order chi connectivity index (χ1) is 12.2. The summed E-state index contributed by atoms with van der Waals surface area (Å²) in [6.45, 7) is 13.8. The van der Waals surface area contributed by atoms with E-state index in [1.165, 1.54) is 11.1 Å². The second-order valence-corrected chi connectivity index (χ2v) is 7.01. The molecule has 2 N–H and O–H groups in total. The highest BCUT2D eigenvalue weighted by Crippen LogP contribution is 2.11. The average Bonchev–Trinajstić information content (AvgIpc) is 2.60. The SMILES string of the molecule is CCNC(=NCc1cccc(CN2CCOCC2)c1)NCCC(C)C.I. The number of ether oxygens (including phenoxy) is 1. The Bertz CT molecular complexity index is 530. The molecule has 1 fully saturated rings. The molecule has 1 aromatic carbocycles. The molecular formula is C20H35IN4O. The fourth-order valence-corrected chi connectivity index (χ4v) is 2.84. The molecule has 26 heavy (non-hydrogen) atoms. The molecule has 1 aliphatic rings. The third kappa shape index (κ3) is 9.19. The van der Waals surface area contributed by atoms with E-state index in [9.17, 15) is 0 Å². The molecule has 0 radical (unpaired) electrons. The molecule has 1 saturated heterocycles. The number of hydrogen-bond acceptors (Lipinski definition) is 3. The quantitative estimate of drug-likeness (QED) is 0.345. The molecule has 148 valence electrons. The second kappa shape index (κ2) is 13.3. The number of rotatable bonds is 8. The van der Waals surface area contributed by atoms with Crippen molar-refractivity contribution in [2.24, 2.45) is 10.9 Å². The molecule has 2 rings (SSSR count). The Morgan fingerprint density at radius 2 is 1.92 bits per heavy atom. The Morgan fingerprint density at radius 3 is 2.62 bits per heavy atom. The zero-order valence-corrected chi connectivity index (χ0v) is 18.8. The number of nitrogens with one attached hydrogen (secondary N) is 2. The third-order valence-electron chi connectivity index (χ3n) is 4.28. The van der Waals surface area contributed by atoms with Gasteiger partial charge in [-0.1, -0.05) is 38.1 Å². The van der Waals surface area contributed by atoms with Crippen LogP contribution in [0.5, 0.6) is 0 Å². The van der Waals surface area contributed by atoms with Gasteiger partial charge in [0.05, 0.1) is 19.8 Å². The maximum absolute atomic E-state index is 5.42. The fraction of sp³-hybridized carbons (Fsp3) is 0.650. The summed E-state index contributed by atoms with van der Waals surface area (Å²) < 4.78 is 5.42. The molecule has 5 nitrogen and oxygen atoms in total. The second-order valence-electron chi connectivity index (χ2n) is 7.01. The van der Waals surface area contributed by atoms with Crippen molar-refractivity contribution < 1.29 is 4.74 Å². The van der Waals surface area contributed by atoms with Crippen LogP contribution in [-0.4, -0.2) is 50.3 Å². The minimum atomic E-state index is 0. The van der Waals surface area contributed by atoms with Crippen LogP contribution in [-0.2, 0) is 17.8 Å². The average molecular weight is 474 g/mol. The zero-order chi connectivity index (χ0) is 17.9. The van der Waals surface area contributed by atoms with Gasteiger partial charge in [-0.2, -0.15) is 0 Å². The molecule has 0 bridgehead atoms. The normalized spacial score (nSPS) is 15.6. The lowest BCUT2D eigenvalue weighted by atomic mass is 10.1. The lowest BCUT2D eigenvalue weighted by molar-refractivity contribution is 0.0342. The highest BCUT2D eigenvalue weighted by molar-refractivity contribution is 14.0. The van der Waals surface area contributed by atoms with Gasteiger partial charge in [0.25, 0.3) is 0 Å². The van der Waals surface area contributed by atoms with E-state index in [4.69, 9.17) is 9.73 Å². The van der Waals surface area contributed by atoms with Gasteiger partial charge >= 0.3 is 0 Å². The summed E-state index contributed by atoms with van der Waals surface area (Å²) in [6.07, 6.45) is 1.15. The third-order valence-corrected chi connectivity index (χ3v) is 4.28. The van der Waals surface area contributed by atoms with Crippen molar-refractivity contribution in [3.63, 3.8) is 0 Å². The smallest absolute Gasteiger partial charge is 0.191 e. The standard InChI is InChI=1S/C20H34N4O.HI/c1-4-21-20(22-9-8-17(2)3)23-15-18-6-5-7-19(14-18)16-24-10-12-25-13-11-24;/h5-7,14,17H,4,8-13,15-16H2,1-3H3,(H2,21,22,23);1H. The Labute approximate surface area is 176 Å². The first kappa shape index (κ1) is 23.2. The van der Waals surface area contributed by atoms with Crippen molar-refractivity contribution in [1.29, 1.82) is 0 Å². The summed E-state index contributed by atoms with van der Waals surface area (Å²) in [5, 5.41) is 6.74. The van der Waals surface area contributed by atoms with Crippen LogP contribution in [0.1, 0.15) is 38.3 Å². The predicted molar refractivity (Wildman–Crippen MR) is 120 cm³/mol. The van der Waals surface area contributed by atoms with Crippen LogP contribution in [0.15, 0.2) is 29.3 Å². The van der Waals surface area contributed by atoms with Crippen LogP contribution in [0, 0.1) is 5.92 Å². The number of morpholine rings is 1. The molecule has 0 spiro atoms. The summed E-state index contributed by atoms with van der Waals surface area (Å²) in [7, 11) is 0. The Balaban J connectivity index is 0.00000338. The molecule has 0 atom stereocenters. The first-order valence-corrected chi connectivity index (χ1v) is 9.57. The van der Waals surface area contributed by atoms with E-state index in [-0.39, 0.29) is 24.0 Å². The van der Waals surface area contributed by atoms with Crippen LogP contribution >= 0.6 is 24.0 Å². The van der Waals surface area contributed by atoms with Crippen molar-refractivity contribution in [3.8, 4) is 0 Å². The molecule has 1 aromatic rings. The minimum absolute atomic E-state index is 0. The Morgan fingerprint density at radius 1 is 1.19 bits per heavy atom. The van der Waals surface area contributed by atoms with Gasteiger partial charge in [0.15, 0.2) is 5.96 Å². The van der Waals surface area contributed by atoms with E-state index < -0.39 is 0 Å². The van der Waals surface area contributed by atoms with Gasteiger partial charge in [-0.15, -0.1) is 24.0 Å². The van der Waals surface area contributed by atoms with Crippen LogP contribution < -0.4 is 10.6 Å². The lowest BCUT2D eigenvalue weighted by Gasteiger charge is -2.26. The highest BCUT2D eigenvalue weighted by atomic mass is 127. The van der Waals surface area contributed by atoms with Crippen molar-refractivity contribution in [3.05, 3.63) is 35.4 Å². The maximum atomic E-state index is 5.42. The molecule has 0 aliphatic carbocycles.